The van der Waals surface area contributed by atoms with E-state index in [4.69, 9.17) is 5.11 Å². The summed E-state index contributed by atoms with van der Waals surface area (Å²) in [7, 11) is 0. The van der Waals surface area contributed by atoms with Crippen molar-refractivity contribution in [2.75, 3.05) is 18.0 Å². The Bertz CT molecular complexity index is 686. The van der Waals surface area contributed by atoms with Crippen LogP contribution < -0.4 is 4.90 Å². The summed E-state index contributed by atoms with van der Waals surface area (Å²) in [5.41, 5.74) is 0.735. The average Bonchev–Trinajstić information content (AvgIpc) is 3.07. The first kappa shape index (κ1) is 15.7. The summed E-state index contributed by atoms with van der Waals surface area (Å²) in [4.78, 5) is 17.4. The Labute approximate surface area is 138 Å². The first-order chi connectivity index (χ1) is 11.2. The maximum Gasteiger partial charge on any atom is 0.323 e. The van der Waals surface area contributed by atoms with Crippen LogP contribution in [0.25, 0.3) is 0 Å². The molecule has 1 saturated heterocycles. The number of carbonyl (C=O) groups is 1. The summed E-state index contributed by atoms with van der Waals surface area (Å²) in [6, 6.07) is 3.62. The summed E-state index contributed by atoms with van der Waals surface area (Å²) in [6.45, 7) is 1.98. The van der Waals surface area contributed by atoms with Crippen LogP contribution in [0.15, 0.2) is 23.3 Å². The second-order valence-electron chi connectivity index (χ2n) is 5.48. The molecule has 1 N–H and O–H groups in total. The molecule has 2 aromatic rings. The standard InChI is InChI=1S/C15H19N5O2S/c21-13(22)11-20-9-5-6-12(20)10-16-14-17-18-15(23-14)19-7-3-1-2-4-8-19/h5-6,9-10H,1-4,7-8,11H2,(H,21,22). The number of aliphatic imine (C=N–C) groups is 1. The van der Waals surface area contributed by atoms with E-state index in [9.17, 15) is 4.79 Å². The van der Waals surface area contributed by atoms with Gasteiger partial charge in [-0.25, -0.2) is 4.99 Å². The van der Waals surface area contributed by atoms with Crippen LogP contribution in [0, 0.1) is 0 Å². The molecule has 2 aromatic heterocycles. The largest absolute Gasteiger partial charge is 0.480 e. The number of carboxylic acid groups (broad SMARTS) is 1. The van der Waals surface area contributed by atoms with Gasteiger partial charge in [0.2, 0.25) is 10.3 Å². The average molecular weight is 333 g/mol. The Morgan fingerprint density at radius 1 is 1.30 bits per heavy atom. The molecule has 0 aliphatic carbocycles. The van der Waals surface area contributed by atoms with Crippen LogP contribution in [0.5, 0.6) is 0 Å². The van der Waals surface area contributed by atoms with Crippen molar-refractivity contribution in [2.45, 2.75) is 32.2 Å². The first-order valence-electron chi connectivity index (χ1n) is 7.72. The fraction of sp³-hybridized carbons (Fsp3) is 0.467. The number of rotatable bonds is 5. The van der Waals surface area contributed by atoms with Gasteiger partial charge in [0.25, 0.3) is 0 Å². The Hall–Kier alpha value is -2.22. The van der Waals surface area contributed by atoms with Crippen molar-refractivity contribution in [3.63, 3.8) is 0 Å². The summed E-state index contributed by atoms with van der Waals surface area (Å²) in [6.07, 6.45) is 8.30. The van der Waals surface area contributed by atoms with Crippen LogP contribution in [0.1, 0.15) is 31.4 Å². The van der Waals surface area contributed by atoms with Crippen LogP contribution in [0.3, 0.4) is 0 Å². The van der Waals surface area contributed by atoms with Crippen molar-refractivity contribution < 1.29 is 9.90 Å². The minimum atomic E-state index is -0.879. The molecule has 0 bridgehead atoms. The van der Waals surface area contributed by atoms with Gasteiger partial charge in [0.05, 0.1) is 11.9 Å². The topological polar surface area (TPSA) is 83.6 Å². The predicted molar refractivity (Wildman–Crippen MR) is 89.9 cm³/mol. The number of hydrogen-bond acceptors (Lipinski definition) is 6. The molecule has 3 rings (SSSR count). The Balaban J connectivity index is 1.69. The molecule has 23 heavy (non-hydrogen) atoms. The van der Waals surface area contributed by atoms with Gasteiger partial charge in [0.15, 0.2) is 0 Å². The van der Waals surface area contributed by atoms with Gasteiger partial charge in [-0.3, -0.25) is 4.79 Å². The lowest BCUT2D eigenvalue weighted by Gasteiger charge is -2.17. The van der Waals surface area contributed by atoms with Gasteiger partial charge >= 0.3 is 5.97 Å². The van der Waals surface area contributed by atoms with Crippen molar-refractivity contribution in [3.05, 3.63) is 24.0 Å². The van der Waals surface area contributed by atoms with Gasteiger partial charge in [-0.15, -0.1) is 10.2 Å². The van der Waals surface area contributed by atoms with Gasteiger partial charge in [-0.1, -0.05) is 24.2 Å². The highest BCUT2D eigenvalue weighted by molar-refractivity contribution is 7.18. The van der Waals surface area contributed by atoms with Gasteiger partial charge in [-0.2, -0.15) is 0 Å². The van der Waals surface area contributed by atoms with E-state index in [0.717, 1.165) is 23.9 Å². The third-order valence-corrected chi connectivity index (χ3v) is 4.65. The predicted octanol–water partition coefficient (Wildman–Crippen LogP) is 2.56. The zero-order valence-corrected chi connectivity index (χ0v) is 13.6. The number of anilines is 1. The highest BCUT2D eigenvalue weighted by Crippen LogP contribution is 2.27. The highest BCUT2D eigenvalue weighted by atomic mass is 32.1. The van der Waals surface area contributed by atoms with Crippen molar-refractivity contribution in [2.24, 2.45) is 4.99 Å². The maximum atomic E-state index is 10.8. The molecular weight excluding hydrogens is 314 g/mol. The van der Waals surface area contributed by atoms with E-state index < -0.39 is 5.97 Å². The van der Waals surface area contributed by atoms with E-state index in [0.29, 0.717) is 5.13 Å². The molecule has 0 radical (unpaired) electrons. The number of aromatic nitrogens is 3. The molecule has 0 atom stereocenters. The molecule has 0 amide bonds. The van der Waals surface area contributed by atoms with Crippen LogP contribution in [0.4, 0.5) is 10.3 Å². The molecule has 0 saturated carbocycles. The van der Waals surface area contributed by atoms with Gasteiger partial charge in [0, 0.05) is 19.3 Å². The Morgan fingerprint density at radius 2 is 2.09 bits per heavy atom. The molecule has 3 heterocycles. The van der Waals surface area contributed by atoms with Crippen LogP contribution >= 0.6 is 11.3 Å². The zero-order chi connectivity index (χ0) is 16.1. The molecular formula is C15H19N5O2S. The monoisotopic (exact) mass is 333 g/mol. The van der Waals surface area contributed by atoms with Crippen molar-refractivity contribution in [1.29, 1.82) is 0 Å². The third-order valence-electron chi connectivity index (χ3n) is 3.76. The SMILES string of the molecule is O=C(O)Cn1cccc1C=Nc1nnc(N2CCCCCC2)s1. The molecule has 0 aromatic carbocycles. The van der Waals surface area contributed by atoms with Crippen molar-refractivity contribution in [1.82, 2.24) is 14.8 Å². The third kappa shape index (κ3) is 4.16. The first-order valence-corrected chi connectivity index (χ1v) is 8.53. The van der Waals surface area contributed by atoms with Crippen LogP contribution in [-0.4, -0.2) is 45.1 Å². The number of hydrogen-bond donors (Lipinski definition) is 1. The normalized spacial score (nSPS) is 15.9. The van der Waals surface area contributed by atoms with E-state index in [2.05, 4.69) is 20.1 Å². The zero-order valence-electron chi connectivity index (χ0n) is 12.8. The van der Waals surface area contributed by atoms with Crippen LogP contribution in [0.2, 0.25) is 0 Å². The Morgan fingerprint density at radius 3 is 2.83 bits per heavy atom. The molecule has 1 fully saturated rings. The van der Waals surface area contributed by atoms with Gasteiger partial charge in [-0.05, 0) is 25.0 Å². The fourth-order valence-electron chi connectivity index (χ4n) is 2.61. The summed E-state index contributed by atoms with van der Waals surface area (Å²) in [5.74, 6) is -0.879. The number of aliphatic carboxylic acids is 1. The molecule has 122 valence electrons. The fourth-order valence-corrected chi connectivity index (χ4v) is 3.35. The minimum absolute atomic E-state index is 0.0799. The molecule has 0 spiro atoms. The van der Waals surface area contributed by atoms with E-state index in [1.165, 1.54) is 37.0 Å². The summed E-state index contributed by atoms with van der Waals surface area (Å²) >= 11 is 1.47. The molecule has 7 nitrogen and oxygen atoms in total. The van der Waals surface area contributed by atoms with Gasteiger partial charge < -0.3 is 14.6 Å². The van der Waals surface area contributed by atoms with Crippen molar-refractivity contribution >= 4 is 33.8 Å². The minimum Gasteiger partial charge on any atom is -0.480 e. The van der Waals surface area contributed by atoms with E-state index >= 15 is 0 Å². The maximum absolute atomic E-state index is 10.8. The lowest BCUT2D eigenvalue weighted by Crippen LogP contribution is -2.23. The number of nitrogens with zero attached hydrogens (tertiary/aromatic N) is 5. The lowest BCUT2D eigenvalue weighted by atomic mass is 10.2. The molecule has 1 aliphatic heterocycles. The highest BCUT2D eigenvalue weighted by Gasteiger charge is 2.14. The quantitative estimate of drug-likeness (QED) is 0.850. The summed E-state index contributed by atoms with van der Waals surface area (Å²) in [5, 5.41) is 18.7. The molecule has 1 aliphatic rings. The lowest BCUT2D eigenvalue weighted by molar-refractivity contribution is -0.137. The van der Waals surface area contributed by atoms with E-state index in [-0.39, 0.29) is 6.54 Å². The second-order valence-corrected chi connectivity index (χ2v) is 6.42. The van der Waals surface area contributed by atoms with E-state index in [1.54, 1.807) is 23.0 Å². The molecule has 0 unspecified atom stereocenters. The van der Waals surface area contributed by atoms with Crippen LogP contribution in [-0.2, 0) is 11.3 Å². The number of carboxylic acids is 1. The Kier molecular flexibility index (Phi) is 5.02. The smallest absolute Gasteiger partial charge is 0.323 e. The molecule has 8 heteroatoms. The van der Waals surface area contributed by atoms with E-state index in [1.807, 2.05) is 6.07 Å². The second kappa shape index (κ2) is 7.36. The van der Waals surface area contributed by atoms with Gasteiger partial charge in [0.1, 0.15) is 6.54 Å². The van der Waals surface area contributed by atoms with Crippen molar-refractivity contribution in [3.8, 4) is 0 Å². The summed E-state index contributed by atoms with van der Waals surface area (Å²) < 4.78 is 1.63.